The van der Waals surface area contributed by atoms with Crippen LogP contribution in [-0.4, -0.2) is 35.5 Å². The highest BCUT2D eigenvalue weighted by Gasteiger charge is 2.38. The number of hydrogen-bond acceptors (Lipinski definition) is 6. The molecule has 0 bridgehead atoms. The average Bonchev–Trinajstić information content (AvgIpc) is 3.02. The smallest absolute Gasteiger partial charge is 0.272 e. The predicted octanol–water partition coefficient (Wildman–Crippen LogP) is 4.30. The van der Waals surface area contributed by atoms with E-state index in [1.165, 1.54) is 11.8 Å². The number of rotatable bonds is 5. The lowest BCUT2D eigenvalue weighted by Crippen LogP contribution is -2.33. The number of thioether (sulfide) groups is 1. The van der Waals surface area contributed by atoms with Gasteiger partial charge in [0.2, 0.25) is 0 Å². The lowest BCUT2D eigenvalue weighted by Gasteiger charge is -2.34. The summed E-state index contributed by atoms with van der Waals surface area (Å²) >= 11 is 6.82. The van der Waals surface area contributed by atoms with Gasteiger partial charge in [-0.15, -0.1) is 0 Å². The molecule has 0 radical (unpaired) electrons. The fourth-order valence-electron chi connectivity index (χ4n) is 3.88. The minimum Gasteiger partial charge on any atom is -0.343 e. The maximum absolute atomic E-state index is 13.4. The number of nitrogens with zero attached hydrogens (tertiary/aromatic N) is 2. The number of fused-ring (bicyclic) bond motifs is 1. The lowest BCUT2D eigenvalue weighted by molar-refractivity contribution is -0.113. The first kappa shape index (κ1) is 22.0. The number of carbonyl (C=O) groups is 1. The van der Waals surface area contributed by atoms with Gasteiger partial charge in [0.25, 0.3) is 16.0 Å². The second kappa shape index (κ2) is 8.74. The third kappa shape index (κ3) is 4.69. The monoisotopic (exact) mass is 474 g/mol. The van der Waals surface area contributed by atoms with Gasteiger partial charge in [-0.2, -0.15) is 8.42 Å². The normalized spacial score (nSPS) is 19.2. The molecule has 0 aliphatic carbocycles. The molecule has 2 aliphatic rings. The number of allylic oxidation sites excluding steroid dienone is 1. The number of benzene rings is 2. The molecule has 1 amide bonds. The van der Waals surface area contributed by atoms with Crippen molar-refractivity contribution in [2.45, 2.75) is 26.2 Å². The molecule has 162 valence electrons. The molecule has 9 heteroatoms. The highest BCUT2D eigenvalue weighted by Crippen LogP contribution is 2.42. The summed E-state index contributed by atoms with van der Waals surface area (Å²) in [4.78, 5) is 17.5. The lowest BCUT2D eigenvalue weighted by atomic mass is 9.98. The first-order valence-electron chi connectivity index (χ1n) is 9.91. The van der Waals surface area contributed by atoms with Crippen LogP contribution >= 0.6 is 24.0 Å². The summed E-state index contributed by atoms with van der Waals surface area (Å²) < 4.78 is 32.1. The number of anilines is 2. The summed E-state index contributed by atoms with van der Waals surface area (Å²) in [5.74, 6) is -0.489. The molecule has 1 saturated heterocycles. The Labute approximate surface area is 191 Å². The van der Waals surface area contributed by atoms with Crippen LogP contribution in [0.5, 0.6) is 0 Å². The van der Waals surface area contributed by atoms with Gasteiger partial charge >= 0.3 is 0 Å². The van der Waals surface area contributed by atoms with E-state index in [2.05, 4.69) is 0 Å². The Bertz CT molecular complexity index is 1170. The first-order valence-corrected chi connectivity index (χ1v) is 12.7. The van der Waals surface area contributed by atoms with Crippen LogP contribution in [0.25, 0.3) is 0 Å². The largest absolute Gasteiger partial charge is 0.343 e. The van der Waals surface area contributed by atoms with Crippen molar-refractivity contribution in [2.24, 2.45) is 0 Å². The number of amides is 1. The Balaban J connectivity index is 1.70. The van der Waals surface area contributed by atoms with Crippen molar-refractivity contribution in [3.8, 4) is 0 Å². The van der Waals surface area contributed by atoms with Crippen LogP contribution in [0.2, 0.25) is 0 Å². The first-order chi connectivity index (χ1) is 14.7. The Morgan fingerprint density at radius 3 is 2.52 bits per heavy atom. The van der Waals surface area contributed by atoms with Crippen LogP contribution < -0.4 is 9.80 Å². The van der Waals surface area contributed by atoms with Crippen molar-refractivity contribution in [2.75, 3.05) is 22.1 Å². The molecule has 2 heterocycles. The molecule has 0 atom stereocenters. The molecule has 6 nitrogen and oxygen atoms in total. The van der Waals surface area contributed by atoms with E-state index in [-0.39, 0.29) is 18.1 Å². The van der Waals surface area contributed by atoms with E-state index in [0.717, 1.165) is 34.6 Å². The molecule has 1 fully saturated rings. The summed E-state index contributed by atoms with van der Waals surface area (Å²) in [6.45, 7) is 2.36. The van der Waals surface area contributed by atoms with E-state index in [4.69, 9.17) is 16.8 Å². The summed E-state index contributed by atoms with van der Waals surface area (Å²) in [6, 6.07) is 15.6. The number of hydrogen-bond donors (Lipinski definition) is 1. The molecular formula is C22H22N2O4S3. The quantitative estimate of drug-likeness (QED) is 0.393. The molecule has 2 aliphatic heterocycles. The molecule has 0 saturated carbocycles. The van der Waals surface area contributed by atoms with Crippen molar-refractivity contribution < 1.29 is 17.8 Å². The summed E-state index contributed by atoms with van der Waals surface area (Å²) in [5.41, 5.74) is 4.78. The maximum Gasteiger partial charge on any atom is 0.272 e. The minimum atomic E-state index is -4.05. The number of carbonyl (C=O) groups excluding carboxylic acids is 1. The van der Waals surface area contributed by atoms with Gasteiger partial charge in [-0.25, -0.2) is 0 Å². The van der Waals surface area contributed by atoms with Crippen molar-refractivity contribution in [3.05, 3.63) is 70.3 Å². The van der Waals surface area contributed by atoms with Gasteiger partial charge in [-0.3, -0.25) is 14.2 Å². The summed E-state index contributed by atoms with van der Waals surface area (Å²) in [7, 11) is -4.05. The Hall–Kier alpha value is -2.20. The Kier molecular flexibility index (Phi) is 6.20. The zero-order valence-electron chi connectivity index (χ0n) is 16.9. The maximum atomic E-state index is 13.4. The zero-order valence-corrected chi connectivity index (χ0v) is 19.4. The number of thiocarbonyl (C=S) groups is 1. The summed E-state index contributed by atoms with van der Waals surface area (Å²) in [6.07, 6.45) is 1.69. The van der Waals surface area contributed by atoms with Gasteiger partial charge < -0.3 is 4.90 Å². The van der Waals surface area contributed by atoms with E-state index in [1.54, 1.807) is 4.90 Å². The van der Waals surface area contributed by atoms with Crippen molar-refractivity contribution >= 4 is 55.7 Å². The van der Waals surface area contributed by atoms with Gasteiger partial charge in [0.05, 0.1) is 16.3 Å². The topological polar surface area (TPSA) is 77.9 Å². The minimum absolute atomic E-state index is 0.159. The van der Waals surface area contributed by atoms with Crippen LogP contribution in [0.1, 0.15) is 24.0 Å². The SMILES string of the molecule is Cc1ccc(N2C(=O)C(=C3CCc4ccccc4N3CCCS(=O)(=O)O)SC2=S)cc1. The second-order valence-electron chi connectivity index (χ2n) is 7.54. The molecule has 0 aromatic heterocycles. The molecule has 4 rings (SSSR count). The molecular weight excluding hydrogens is 452 g/mol. The highest BCUT2D eigenvalue weighted by atomic mass is 32.2. The summed E-state index contributed by atoms with van der Waals surface area (Å²) in [5, 5.41) is 0. The van der Waals surface area contributed by atoms with E-state index in [1.807, 2.05) is 60.4 Å². The Morgan fingerprint density at radius 2 is 1.81 bits per heavy atom. The molecule has 0 unspecified atom stereocenters. The van der Waals surface area contributed by atoms with Gasteiger partial charge in [-0.05, 0) is 49.9 Å². The third-order valence-electron chi connectivity index (χ3n) is 5.35. The standard InChI is InChI=1S/C22H22N2O4S3/c1-15-7-10-17(11-8-15)24-21(25)20(30-22(24)29)19-12-9-16-5-2-3-6-18(16)23(19)13-4-14-31(26,27)28/h2-3,5-8,10-11H,4,9,12-14H2,1H3,(H,26,27,28). The molecule has 1 N–H and O–H groups in total. The number of aryl methyl sites for hydroxylation is 2. The van der Waals surface area contributed by atoms with Crippen LogP contribution in [0.4, 0.5) is 11.4 Å². The second-order valence-corrected chi connectivity index (χ2v) is 10.8. The molecule has 0 spiro atoms. The highest BCUT2D eigenvalue weighted by molar-refractivity contribution is 8.27. The van der Waals surface area contributed by atoms with E-state index in [9.17, 15) is 13.2 Å². The van der Waals surface area contributed by atoms with Crippen LogP contribution in [-0.2, 0) is 21.3 Å². The van der Waals surface area contributed by atoms with Gasteiger partial charge in [0.1, 0.15) is 0 Å². The Morgan fingerprint density at radius 1 is 1.10 bits per heavy atom. The van der Waals surface area contributed by atoms with E-state index in [0.29, 0.717) is 22.2 Å². The average molecular weight is 475 g/mol. The molecule has 2 aromatic rings. The molecule has 2 aromatic carbocycles. The van der Waals surface area contributed by atoms with Crippen LogP contribution in [0.3, 0.4) is 0 Å². The van der Waals surface area contributed by atoms with Gasteiger partial charge in [0, 0.05) is 17.9 Å². The fraction of sp³-hybridized carbons (Fsp3) is 0.273. The van der Waals surface area contributed by atoms with Crippen LogP contribution in [0, 0.1) is 6.92 Å². The zero-order chi connectivity index (χ0) is 22.2. The van der Waals surface area contributed by atoms with Crippen molar-refractivity contribution in [1.29, 1.82) is 0 Å². The number of para-hydroxylation sites is 1. The van der Waals surface area contributed by atoms with E-state index < -0.39 is 10.1 Å². The third-order valence-corrected chi connectivity index (χ3v) is 7.56. The van der Waals surface area contributed by atoms with E-state index >= 15 is 0 Å². The van der Waals surface area contributed by atoms with Crippen LogP contribution in [0.15, 0.2) is 59.1 Å². The fourth-order valence-corrected chi connectivity index (χ4v) is 5.77. The van der Waals surface area contributed by atoms with Crippen molar-refractivity contribution in [1.82, 2.24) is 0 Å². The van der Waals surface area contributed by atoms with Crippen molar-refractivity contribution in [3.63, 3.8) is 0 Å². The van der Waals surface area contributed by atoms with Gasteiger partial charge in [-0.1, -0.05) is 59.9 Å². The molecule has 31 heavy (non-hydrogen) atoms. The predicted molar refractivity (Wildman–Crippen MR) is 129 cm³/mol. The van der Waals surface area contributed by atoms with Gasteiger partial charge in [0.15, 0.2) is 4.32 Å².